The summed E-state index contributed by atoms with van der Waals surface area (Å²) in [7, 11) is 1.59. The first-order valence-electron chi connectivity index (χ1n) is 11.6. The Labute approximate surface area is 197 Å². The SMILES string of the molecule is COc1ccc(C(=O)N2CCN(C(=O)c3nn(-c4ccc(F)cc4)c4c3CCCC4)CC2)cc1. The summed E-state index contributed by atoms with van der Waals surface area (Å²) < 4.78 is 20.4. The summed E-state index contributed by atoms with van der Waals surface area (Å²) in [4.78, 5) is 29.9. The molecule has 176 valence electrons. The van der Waals surface area contributed by atoms with Gasteiger partial charge in [0.15, 0.2) is 5.69 Å². The molecule has 34 heavy (non-hydrogen) atoms. The second-order valence-corrected chi connectivity index (χ2v) is 8.68. The molecule has 0 atom stereocenters. The Morgan fingerprint density at radius 3 is 2.12 bits per heavy atom. The van der Waals surface area contributed by atoms with Crippen molar-refractivity contribution < 1.29 is 18.7 Å². The van der Waals surface area contributed by atoms with Gasteiger partial charge in [-0.15, -0.1) is 0 Å². The van der Waals surface area contributed by atoms with E-state index in [1.165, 1.54) is 12.1 Å². The zero-order valence-corrected chi connectivity index (χ0v) is 19.2. The van der Waals surface area contributed by atoms with Gasteiger partial charge in [-0.25, -0.2) is 9.07 Å². The molecule has 0 saturated carbocycles. The second kappa shape index (κ2) is 9.29. The Morgan fingerprint density at radius 2 is 1.47 bits per heavy atom. The fourth-order valence-corrected chi connectivity index (χ4v) is 4.75. The van der Waals surface area contributed by atoms with E-state index in [0.29, 0.717) is 43.2 Å². The number of carbonyl (C=O) groups excluding carboxylic acids is 2. The standard InChI is InChI=1S/C26H27FN4O3/c1-34-21-12-6-18(7-13-21)25(32)29-14-16-30(17-15-29)26(33)24-22-4-2-3-5-23(22)31(28-24)20-10-8-19(27)9-11-20/h6-13H,2-5,14-17H2,1H3. The Bertz CT molecular complexity index is 1200. The van der Waals surface area contributed by atoms with E-state index in [4.69, 9.17) is 9.84 Å². The molecule has 1 fully saturated rings. The van der Waals surface area contributed by atoms with Gasteiger partial charge in [0.05, 0.1) is 12.8 Å². The van der Waals surface area contributed by atoms with Crippen molar-refractivity contribution in [2.75, 3.05) is 33.3 Å². The highest BCUT2D eigenvalue weighted by molar-refractivity contribution is 5.96. The number of hydrogen-bond acceptors (Lipinski definition) is 4. The molecule has 0 radical (unpaired) electrons. The summed E-state index contributed by atoms with van der Waals surface area (Å²) >= 11 is 0. The van der Waals surface area contributed by atoms with Crippen LogP contribution in [0.2, 0.25) is 0 Å². The zero-order chi connectivity index (χ0) is 23.7. The van der Waals surface area contributed by atoms with Crippen molar-refractivity contribution in [3.8, 4) is 11.4 Å². The second-order valence-electron chi connectivity index (χ2n) is 8.68. The van der Waals surface area contributed by atoms with Gasteiger partial charge in [0.1, 0.15) is 11.6 Å². The lowest BCUT2D eigenvalue weighted by Gasteiger charge is -2.34. The van der Waals surface area contributed by atoms with Crippen molar-refractivity contribution in [2.45, 2.75) is 25.7 Å². The molecule has 1 aromatic heterocycles. The van der Waals surface area contributed by atoms with Crippen LogP contribution in [0.5, 0.6) is 5.75 Å². The van der Waals surface area contributed by atoms with Crippen LogP contribution in [0.15, 0.2) is 48.5 Å². The highest BCUT2D eigenvalue weighted by Gasteiger charge is 2.31. The number of benzene rings is 2. The predicted molar refractivity (Wildman–Crippen MR) is 125 cm³/mol. The van der Waals surface area contributed by atoms with E-state index in [-0.39, 0.29) is 17.6 Å². The highest BCUT2D eigenvalue weighted by Crippen LogP contribution is 2.28. The smallest absolute Gasteiger partial charge is 0.274 e. The fraction of sp³-hybridized carbons (Fsp3) is 0.346. The molecule has 7 nitrogen and oxygen atoms in total. The Hall–Kier alpha value is -3.68. The van der Waals surface area contributed by atoms with Crippen molar-refractivity contribution in [3.63, 3.8) is 0 Å². The van der Waals surface area contributed by atoms with Crippen LogP contribution in [0.3, 0.4) is 0 Å². The lowest BCUT2D eigenvalue weighted by atomic mass is 9.95. The van der Waals surface area contributed by atoms with Gasteiger partial charge in [-0.3, -0.25) is 9.59 Å². The number of hydrogen-bond donors (Lipinski definition) is 0. The molecule has 1 saturated heterocycles. The first-order valence-corrected chi connectivity index (χ1v) is 11.6. The lowest BCUT2D eigenvalue weighted by molar-refractivity contribution is 0.0531. The van der Waals surface area contributed by atoms with Gasteiger partial charge in [0.25, 0.3) is 11.8 Å². The minimum atomic E-state index is -0.303. The molecule has 2 aliphatic rings. The van der Waals surface area contributed by atoms with Crippen LogP contribution in [0.4, 0.5) is 4.39 Å². The number of rotatable bonds is 4. The molecule has 5 rings (SSSR count). The number of amides is 2. The van der Waals surface area contributed by atoms with E-state index in [0.717, 1.165) is 42.6 Å². The molecule has 2 amide bonds. The summed E-state index contributed by atoms with van der Waals surface area (Å²) in [6.45, 7) is 1.85. The first kappa shape index (κ1) is 22.1. The van der Waals surface area contributed by atoms with Crippen molar-refractivity contribution in [3.05, 3.63) is 76.9 Å². The van der Waals surface area contributed by atoms with Crippen LogP contribution < -0.4 is 4.74 Å². The molecular formula is C26H27FN4O3. The summed E-state index contributed by atoms with van der Waals surface area (Å²) in [5, 5.41) is 4.70. The molecule has 1 aliphatic heterocycles. The van der Waals surface area contributed by atoms with Crippen LogP contribution in [0, 0.1) is 5.82 Å². The van der Waals surface area contributed by atoms with Crippen LogP contribution in [-0.4, -0.2) is 64.7 Å². The van der Waals surface area contributed by atoms with E-state index in [1.54, 1.807) is 58.0 Å². The van der Waals surface area contributed by atoms with E-state index in [1.807, 2.05) is 0 Å². The molecule has 0 bridgehead atoms. The molecule has 0 spiro atoms. The van der Waals surface area contributed by atoms with E-state index >= 15 is 0 Å². The molecule has 1 aliphatic carbocycles. The summed E-state index contributed by atoms with van der Waals surface area (Å²) in [6.07, 6.45) is 3.72. The molecule has 2 heterocycles. The van der Waals surface area contributed by atoms with E-state index < -0.39 is 0 Å². The quantitative estimate of drug-likeness (QED) is 0.595. The predicted octanol–water partition coefficient (Wildman–Crippen LogP) is 3.50. The van der Waals surface area contributed by atoms with E-state index in [2.05, 4.69) is 0 Å². The number of carbonyl (C=O) groups is 2. The Morgan fingerprint density at radius 1 is 0.853 bits per heavy atom. The molecular weight excluding hydrogens is 435 g/mol. The van der Waals surface area contributed by atoms with Crippen LogP contribution >= 0.6 is 0 Å². The minimum absolute atomic E-state index is 0.0484. The molecule has 2 aromatic carbocycles. The number of methoxy groups -OCH3 is 1. The van der Waals surface area contributed by atoms with Crippen molar-refractivity contribution >= 4 is 11.8 Å². The zero-order valence-electron chi connectivity index (χ0n) is 19.2. The van der Waals surface area contributed by atoms with Gasteiger partial charge >= 0.3 is 0 Å². The number of nitrogens with zero attached hydrogens (tertiary/aromatic N) is 4. The number of ether oxygens (including phenoxy) is 1. The average molecular weight is 463 g/mol. The number of halogens is 1. The normalized spacial score (nSPS) is 15.7. The van der Waals surface area contributed by atoms with Gasteiger partial charge in [-0.05, 0) is 74.2 Å². The van der Waals surface area contributed by atoms with Gasteiger partial charge in [-0.1, -0.05) is 0 Å². The van der Waals surface area contributed by atoms with Gasteiger partial charge in [-0.2, -0.15) is 5.10 Å². The largest absolute Gasteiger partial charge is 0.497 e. The minimum Gasteiger partial charge on any atom is -0.497 e. The van der Waals surface area contributed by atoms with Gasteiger partial charge in [0, 0.05) is 43.0 Å². The van der Waals surface area contributed by atoms with Gasteiger partial charge in [0.2, 0.25) is 0 Å². The molecule has 0 N–H and O–H groups in total. The third-order valence-corrected chi connectivity index (χ3v) is 6.65. The van der Waals surface area contributed by atoms with Crippen molar-refractivity contribution in [2.24, 2.45) is 0 Å². The first-order chi connectivity index (χ1) is 16.5. The monoisotopic (exact) mass is 462 g/mol. The molecule has 3 aromatic rings. The third-order valence-electron chi connectivity index (χ3n) is 6.65. The highest BCUT2D eigenvalue weighted by atomic mass is 19.1. The van der Waals surface area contributed by atoms with Crippen LogP contribution in [0.1, 0.15) is 44.9 Å². The van der Waals surface area contributed by atoms with E-state index in [9.17, 15) is 14.0 Å². The van der Waals surface area contributed by atoms with Crippen LogP contribution in [-0.2, 0) is 12.8 Å². The van der Waals surface area contributed by atoms with Gasteiger partial charge < -0.3 is 14.5 Å². The van der Waals surface area contributed by atoms with Crippen molar-refractivity contribution in [1.29, 1.82) is 0 Å². The summed E-state index contributed by atoms with van der Waals surface area (Å²) in [6, 6.07) is 13.3. The molecule has 0 unspecified atom stereocenters. The number of fused-ring (bicyclic) bond motifs is 1. The maximum absolute atomic E-state index is 13.5. The lowest BCUT2D eigenvalue weighted by Crippen LogP contribution is -2.50. The number of piperazine rings is 1. The maximum atomic E-state index is 13.5. The molecule has 8 heteroatoms. The Kier molecular flexibility index (Phi) is 6.04. The van der Waals surface area contributed by atoms with Crippen LogP contribution in [0.25, 0.3) is 5.69 Å². The number of aromatic nitrogens is 2. The fourth-order valence-electron chi connectivity index (χ4n) is 4.75. The third kappa shape index (κ3) is 4.16. The topological polar surface area (TPSA) is 67.7 Å². The summed E-state index contributed by atoms with van der Waals surface area (Å²) in [5.41, 5.74) is 3.88. The average Bonchev–Trinajstić information content (AvgIpc) is 3.28. The Balaban J connectivity index is 1.32. The summed E-state index contributed by atoms with van der Waals surface area (Å²) in [5.74, 6) is 0.252. The maximum Gasteiger partial charge on any atom is 0.274 e. The van der Waals surface area contributed by atoms with Crippen molar-refractivity contribution in [1.82, 2.24) is 19.6 Å².